The lowest BCUT2D eigenvalue weighted by Gasteiger charge is -2.08. The molecule has 1 aromatic rings. The van der Waals surface area contributed by atoms with E-state index in [2.05, 4.69) is 0 Å². The third-order valence-electron chi connectivity index (χ3n) is 2.34. The van der Waals surface area contributed by atoms with Gasteiger partial charge in [0.2, 0.25) is 0 Å². The summed E-state index contributed by atoms with van der Waals surface area (Å²) in [4.78, 5) is 22.2. The minimum absolute atomic E-state index is 0.0959. The van der Waals surface area contributed by atoms with Crippen molar-refractivity contribution in [3.8, 4) is 6.07 Å². The zero-order valence-electron chi connectivity index (χ0n) is 9.97. The molecule has 5 heteroatoms. The first-order chi connectivity index (χ1) is 8.58. The summed E-state index contributed by atoms with van der Waals surface area (Å²) in [5.41, 5.74) is 1.23. The van der Waals surface area contributed by atoms with Crippen LogP contribution in [0.3, 0.4) is 0 Å². The number of carboxylic acid groups (broad SMARTS) is 1. The molecule has 1 aromatic carbocycles. The second-order valence-electron chi connectivity index (χ2n) is 3.60. The molecule has 1 N–H and O–H groups in total. The highest BCUT2D eigenvalue weighted by Gasteiger charge is 2.14. The minimum atomic E-state index is -0.952. The molecule has 0 fully saturated rings. The summed E-state index contributed by atoms with van der Waals surface area (Å²) in [6.45, 7) is 1.94. The van der Waals surface area contributed by atoms with E-state index < -0.39 is 11.9 Å². The number of nitrogens with zero attached hydrogens (tertiary/aromatic N) is 1. The summed E-state index contributed by atoms with van der Waals surface area (Å²) in [5, 5.41) is 17.4. The van der Waals surface area contributed by atoms with Crippen LogP contribution in [-0.2, 0) is 16.0 Å². The molecule has 0 unspecified atom stereocenters. The van der Waals surface area contributed by atoms with Crippen LogP contribution in [0.1, 0.15) is 34.8 Å². The third-order valence-corrected chi connectivity index (χ3v) is 2.34. The summed E-state index contributed by atoms with van der Waals surface area (Å²) in [6, 6.07) is 6.48. The van der Waals surface area contributed by atoms with E-state index in [9.17, 15) is 9.59 Å². The normalized spacial score (nSPS) is 9.56. The number of aryl methyl sites for hydroxylation is 1. The number of esters is 1. The molecule has 0 aromatic heterocycles. The van der Waals surface area contributed by atoms with Gasteiger partial charge in [-0.2, -0.15) is 5.26 Å². The highest BCUT2D eigenvalue weighted by Crippen LogP contribution is 2.15. The van der Waals surface area contributed by atoms with Crippen molar-refractivity contribution in [2.75, 3.05) is 6.61 Å². The van der Waals surface area contributed by atoms with Crippen molar-refractivity contribution >= 4 is 11.9 Å². The van der Waals surface area contributed by atoms with Gasteiger partial charge in [0.05, 0.1) is 23.8 Å². The van der Waals surface area contributed by atoms with Crippen LogP contribution in [0.15, 0.2) is 18.2 Å². The Morgan fingerprint density at radius 1 is 1.44 bits per heavy atom. The highest BCUT2D eigenvalue weighted by atomic mass is 16.5. The predicted molar refractivity (Wildman–Crippen MR) is 63.1 cm³/mol. The molecule has 94 valence electrons. The second kappa shape index (κ2) is 6.40. The molecule has 5 nitrogen and oxygen atoms in total. The van der Waals surface area contributed by atoms with Crippen LogP contribution in [0.2, 0.25) is 0 Å². The van der Waals surface area contributed by atoms with Gasteiger partial charge in [-0.05, 0) is 37.1 Å². The SMILES string of the molecule is CCOC(=O)c1ccc(C#N)cc1CCC(=O)O. The lowest BCUT2D eigenvalue weighted by Crippen LogP contribution is -2.09. The van der Waals surface area contributed by atoms with Crippen molar-refractivity contribution in [3.05, 3.63) is 34.9 Å². The molecule has 0 saturated carbocycles. The first-order valence-electron chi connectivity index (χ1n) is 5.50. The number of aliphatic carboxylic acids is 1. The average Bonchev–Trinajstić information content (AvgIpc) is 2.36. The Kier molecular flexibility index (Phi) is 4.88. The molecular formula is C13H13NO4. The van der Waals surface area contributed by atoms with E-state index in [0.717, 1.165) is 0 Å². The molecule has 18 heavy (non-hydrogen) atoms. The van der Waals surface area contributed by atoms with Crippen molar-refractivity contribution in [1.82, 2.24) is 0 Å². The molecule has 0 heterocycles. The number of hydrogen-bond donors (Lipinski definition) is 1. The fraction of sp³-hybridized carbons (Fsp3) is 0.308. The van der Waals surface area contributed by atoms with Gasteiger partial charge in [0.15, 0.2) is 0 Å². The summed E-state index contributed by atoms with van der Waals surface area (Å²) in [6.07, 6.45) is 0.0975. The van der Waals surface area contributed by atoms with Crippen LogP contribution in [0, 0.1) is 11.3 Å². The number of carbonyl (C=O) groups excluding carboxylic acids is 1. The van der Waals surface area contributed by atoms with Gasteiger partial charge in [0, 0.05) is 6.42 Å². The van der Waals surface area contributed by atoms with Crippen molar-refractivity contribution in [1.29, 1.82) is 5.26 Å². The van der Waals surface area contributed by atoms with Crippen LogP contribution in [0.5, 0.6) is 0 Å². The van der Waals surface area contributed by atoms with Gasteiger partial charge in [0.25, 0.3) is 0 Å². The molecule has 0 atom stereocenters. The Morgan fingerprint density at radius 2 is 2.17 bits per heavy atom. The average molecular weight is 247 g/mol. The lowest BCUT2D eigenvalue weighted by atomic mass is 10.0. The van der Waals surface area contributed by atoms with Crippen molar-refractivity contribution in [2.45, 2.75) is 19.8 Å². The highest BCUT2D eigenvalue weighted by molar-refractivity contribution is 5.91. The topological polar surface area (TPSA) is 87.4 Å². The van der Waals surface area contributed by atoms with E-state index >= 15 is 0 Å². The van der Waals surface area contributed by atoms with Gasteiger partial charge in [-0.1, -0.05) is 0 Å². The Bertz CT molecular complexity index is 502. The zero-order chi connectivity index (χ0) is 13.5. The third kappa shape index (κ3) is 3.59. The Balaban J connectivity index is 3.04. The Hall–Kier alpha value is -2.35. The molecule has 0 spiro atoms. The van der Waals surface area contributed by atoms with Crippen LogP contribution < -0.4 is 0 Å². The number of carboxylic acids is 1. The van der Waals surface area contributed by atoms with E-state index in [-0.39, 0.29) is 19.4 Å². The molecule has 0 amide bonds. The number of nitriles is 1. The van der Waals surface area contributed by atoms with Gasteiger partial charge < -0.3 is 9.84 Å². The van der Waals surface area contributed by atoms with E-state index in [1.165, 1.54) is 18.2 Å². The standard InChI is InChI=1S/C13H13NO4/c1-2-18-13(17)11-5-3-9(8-14)7-10(11)4-6-12(15)16/h3,5,7H,2,4,6H2,1H3,(H,15,16). The first kappa shape index (κ1) is 13.7. The van der Waals surface area contributed by atoms with Gasteiger partial charge in [-0.3, -0.25) is 4.79 Å². The number of carbonyl (C=O) groups is 2. The van der Waals surface area contributed by atoms with Gasteiger partial charge >= 0.3 is 11.9 Å². The van der Waals surface area contributed by atoms with Crippen molar-refractivity contribution in [3.63, 3.8) is 0 Å². The van der Waals surface area contributed by atoms with E-state index in [1.807, 2.05) is 6.07 Å². The van der Waals surface area contributed by atoms with Gasteiger partial charge in [0.1, 0.15) is 0 Å². The smallest absolute Gasteiger partial charge is 0.338 e. The van der Waals surface area contributed by atoms with E-state index in [4.69, 9.17) is 15.1 Å². The zero-order valence-corrected chi connectivity index (χ0v) is 9.97. The van der Waals surface area contributed by atoms with Crippen LogP contribution in [0.25, 0.3) is 0 Å². The fourth-order valence-electron chi connectivity index (χ4n) is 1.52. The summed E-state index contributed by atoms with van der Waals surface area (Å²) in [5.74, 6) is -1.45. The summed E-state index contributed by atoms with van der Waals surface area (Å²) in [7, 11) is 0. The molecule has 0 saturated heterocycles. The molecular weight excluding hydrogens is 234 g/mol. The maximum absolute atomic E-state index is 11.7. The van der Waals surface area contributed by atoms with E-state index in [0.29, 0.717) is 16.7 Å². The molecule has 0 aliphatic rings. The van der Waals surface area contributed by atoms with Gasteiger partial charge in [-0.15, -0.1) is 0 Å². The maximum Gasteiger partial charge on any atom is 0.338 e. The predicted octanol–water partition coefficient (Wildman–Crippen LogP) is 1.75. The van der Waals surface area contributed by atoms with Crippen LogP contribution in [-0.4, -0.2) is 23.7 Å². The van der Waals surface area contributed by atoms with Crippen LogP contribution in [0.4, 0.5) is 0 Å². The van der Waals surface area contributed by atoms with E-state index in [1.54, 1.807) is 6.92 Å². The lowest BCUT2D eigenvalue weighted by molar-refractivity contribution is -0.136. The van der Waals surface area contributed by atoms with Crippen molar-refractivity contribution < 1.29 is 19.4 Å². The number of benzene rings is 1. The summed E-state index contributed by atoms with van der Waals surface area (Å²) >= 11 is 0. The van der Waals surface area contributed by atoms with Crippen LogP contribution >= 0.6 is 0 Å². The first-order valence-corrected chi connectivity index (χ1v) is 5.50. The molecule has 0 aliphatic carbocycles. The second-order valence-corrected chi connectivity index (χ2v) is 3.60. The number of rotatable bonds is 5. The quantitative estimate of drug-likeness (QED) is 0.801. The maximum atomic E-state index is 11.7. The van der Waals surface area contributed by atoms with Crippen molar-refractivity contribution in [2.24, 2.45) is 0 Å². The summed E-state index contributed by atoms with van der Waals surface area (Å²) < 4.78 is 4.88. The monoisotopic (exact) mass is 247 g/mol. The fourth-order valence-corrected chi connectivity index (χ4v) is 1.52. The number of ether oxygens (including phenoxy) is 1. The molecule has 0 radical (unpaired) electrons. The molecule has 0 aliphatic heterocycles. The molecule has 1 rings (SSSR count). The largest absolute Gasteiger partial charge is 0.481 e. The number of hydrogen-bond acceptors (Lipinski definition) is 4. The Morgan fingerprint density at radius 3 is 2.72 bits per heavy atom. The minimum Gasteiger partial charge on any atom is -0.481 e. The Labute approximate surface area is 105 Å². The molecule has 0 bridgehead atoms. The van der Waals surface area contributed by atoms with Gasteiger partial charge in [-0.25, -0.2) is 4.79 Å².